The summed E-state index contributed by atoms with van der Waals surface area (Å²) in [7, 11) is -4.14. The van der Waals surface area contributed by atoms with Crippen LogP contribution >= 0.6 is 0 Å². The standard InChI is InChI=1S/C31H39N3O5S/c1-6-24(4)32-31(36)25(5)33(21-26-11-9-8-10-12-26)30(35)22-34(27-15-13-23(3)14-16-27)40(37,38)29-19-17-28(18-20-29)39-7-2/h8-20,24-25H,6-7,21-22H2,1-5H3,(H,32,36)/t24-,25-/m1/s1. The molecule has 3 aromatic rings. The van der Waals surface area contributed by atoms with Crippen molar-refractivity contribution in [3.05, 3.63) is 90.0 Å². The van der Waals surface area contributed by atoms with Crippen molar-refractivity contribution in [3.63, 3.8) is 0 Å². The van der Waals surface area contributed by atoms with Gasteiger partial charge in [-0.15, -0.1) is 0 Å². The average molecular weight is 566 g/mol. The Morgan fingerprint density at radius 1 is 0.900 bits per heavy atom. The van der Waals surface area contributed by atoms with Crippen LogP contribution in [0.3, 0.4) is 0 Å². The van der Waals surface area contributed by atoms with Gasteiger partial charge in [0.2, 0.25) is 11.8 Å². The number of sulfonamides is 1. The van der Waals surface area contributed by atoms with Gasteiger partial charge in [0.15, 0.2) is 0 Å². The fourth-order valence-corrected chi connectivity index (χ4v) is 5.48. The Morgan fingerprint density at radius 2 is 1.52 bits per heavy atom. The number of ether oxygens (including phenoxy) is 1. The van der Waals surface area contributed by atoms with Gasteiger partial charge in [-0.1, -0.05) is 55.0 Å². The molecule has 8 nitrogen and oxygen atoms in total. The first-order chi connectivity index (χ1) is 19.1. The topological polar surface area (TPSA) is 96.0 Å². The highest BCUT2D eigenvalue weighted by Gasteiger charge is 2.32. The molecule has 0 fully saturated rings. The number of amides is 2. The van der Waals surface area contributed by atoms with E-state index in [-0.39, 0.29) is 23.4 Å². The summed E-state index contributed by atoms with van der Waals surface area (Å²) in [6.07, 6.45) is 0.743. The van der Waals surface area contributed by atoms with Crippen molar-refractivity contribution < 1.29 is 22.7 Å². The number of anilines is 1. The quantitative estimate of drug-likeness (QED) is 0.317. The lowest BCUT2D eigenvalue weighted by Crippen LogP contribution is -2.52. The summed E-state index contributed by atoms with van der Waals surface area (Å²) in [5, 5.41) is 2.94. The molecule has 2 amide bonds. The number of rotatable bonds is 13. The SMILES string of the molecule is CCOc1ccc(S(=O)(=O)N(CC(=O)N(Cc2ccccc2)[C@H](C)C(=O)N[C@H](C)CC)c2ccc(C)cc2)cc1. The Labute approximate surface area is 238 Å². The number of nitrogens with one attached hydrogen (secondary N) is 1. The van der Waals surface area contributed by atoms with Crippen molar-refractivity contribution in [1.82, 2.24) is 10.2 Å². The van der Waals surface area contributed by atoms with E-state index >= 15 is 0 Å². The maximum absolute atomic E-state index is 13.9. The van der Waals surface area contributed by atoms with Gasteiger partial charge in [0.05, 0.1) is 17.2 Å². The number of benzene rings is 3. The fourth-order valence-electron chi connectivity index (χ4n) is 4.07. The first-order valence-electron chi connectivity index (χ1n) is 13.5. The summed E-state index contributed by atoms with van der Waals surface area (Å²) in [6, 6.07) is 21.5. The molecule has 0 aliphatic carbocycles. The molecule has 2 atom stereocenters. The van der Waals surface area contributed by atoms with Gasteiger partial charge >= 0.3 is 0 Å². The van der Waals surface area contributed by atoms with Gasteiger partial charge in [0.1, 0.15) is 18.3 Å². The van der Waals surface area contributed by atoms with Gasteiger partial charge < -0.3 is 15.0 Å². The second kappa shape index (κ2) is 14.0. The van der Waals surface area contributed by atoms with Crippen LogP contribution in [0.5, 0.6) is 5.75 Å². The lowest BCUT2D eigenvalue weighted by Gasteiger charge is -2.32. The average Bonchev–Trinajstić information content (AvgIpc) is 2.95. The fraction of sp³-hybridized carbons (Fsp3) is 0.355. The van der Waals surface area contributed by atoms with Gasteiger partial charge in [-0.25, -0.2) is 8.42 Å². The highest BCUT2D eigenvalue weighted by molar-refractivity contribution is 7.92. The van der Waals surface area contributed by atoms with Crippen LogP contribution in [0.2, 0.25) is 0 Å². The summed E-state index contributed by atoms with van der Waals surface area (Å²) in [5.41, 5.74) is 2.13. The minimum absolute atomic E-state index is 0.0292. The highest BCUT2D eigenvalue weighted by atomic mass is 32.2. The van der Waals surface area contributed by atoms with E-state index in [4.69, 9.17) is 4.74 Å². The van der Waals surface area contributed by atoms with Crippen LogP contribution < -0.4 is 14.4 Å². The van der Waals surface area contributed by atoms with E-state index in [0.29, 0.717) is 18.0 Å². The molecule has 0 aliphatic rings. The monoisotopic (exact) mass is 565 g/mol. The molecule has 0 radical (unpaired) electrons. The third-order valence-electron chi connectivity index (χ3n) is 6.69. The van der Waals surface area contributed by atoms with E-state index in [0.717, 1.165) is 21.9 Å². The zero-order chi connectivity index (χ0) is 29.3. The van der Waals surface area contributed by atoms with Crippen LogP contribution in [-0.4, -0.2) is 50.4 Å². The van der Waals surface area contributed by atoms with Crippen LogP contribution in [0.15, 0.2) is 83.8 Å². The molecule has 1 N–H and O–H groups in total. The van der Waals surface area contributed by atoms with Crippen LogP contribution in [-0.2, 0) is 26.2 Å². The smallest absolute Gasteiger partial charge is 0.264 e. The molecule has 0 aliphatic heterocycles. The minimum Gasteiger partial charge on any atom is -0.494 e. The summed E-state index contributed by atoms with van der Waals surface area (Å²) >= 11 is 0. The third kappa shape index (κ3) is 7.85. The van der Waals surface area contributed by atoms with Crippen molar-refractivity contribution in [1.29, 1.82) is 0 Å². The van der Waals surface area contributed by atoms with E-state index in [1.165, 1.54) is 17.0 Å². The van der Waals surface area contributed by atoms with Gasteiger partial charge in [0.25, 0.3) is 10.0 Å². The summed E-state index contributed by atoms with van der Waals surface area (Å²) in [4.78, 5) is 28.5. The van der Waals surface area contributed by atoms with Crippen molar-refractivity contribution >= 4 is 27.5 Å². The number of carbonyl (C=O) groups excluding carboxylic acids is 2. The predicted octanol–water partition coefficient (Wildman–Crippen LogP) is 4.92. The summed E-state index contributed by atoms with van der Waals surface area (Å²) < 4.78 is 34.4. The molecule has 0 heterocycles. The Balaban J connectivity index is 2.00. The van der Waals surface area contributed by atoms with E-state index in [9.17, 15) is 18.0 Å². The van der Waals surface area contributed by atoms with E-state index < -0.39 is 28.5 Å². The Hall–Kier alpha value is -3.85. The first kappa shape index (κ1) is 30.7. The van der Waals surface area contributed by atoms with Gasteiger partial charge in [-0.3, -0.25) is 13.9 Å². The zero-order valence-electron chi connectivity index (χ0n) is 23.8. The van der Waals surface area contributed by atoms with E-state index in [1.807, 2.05) is 58.0 Å². The maximum Gasteiger partial charge on any atom is 0.264 e. The molecule has 0 unspecified atom stereocenters. The van der Waals surface area contributed by atoms with Crippen LogP contribution in [0.1, 0.15) is 45.2 Å². The molecular formula is C31H39N3O5S. The Morgan fingerprint density at radius 3 is 2.10 bits per heavy atom. The minimum atomic E-state index is -4.14. The second-order valence-electron chi connectivity index (χ2n) is 9.75. The van der Waals surface area contributed by atoms with Gasteiger partial charge in [0, 0.05) is 12.6 Å². The van der Waals surface area contributed by atoms with Crippen LogP contribution in [0, 0.1) is 6.92 Å². The molecule has 3 aromatic carbocycles. The number of nitrogens with zero attached hydrogens (tertiary/aromatic N) is 2. The molecule has 3 rings (SSSR count). The van der Waals surface area contributed by atoms with Crippen molar-refractivity contribution in [3.8, 4) is 5.75 Å². The van der Waals surface area contributed by atoms with Crippen molar-refractivity contribution in [2.75, 3.05) is 17.5 Å². The molecular weight excluding hydrogens is 526 g/mol. The number of carbonyl (C=O) groups is 2. The maximum atomic E-state index is 13.9. The number of aryl methyl sites for hydroxylation is 1. The lowest BCUT2D eigenvalue weighted by atomic mass is 10.1. The largest absolute Gasteiger partial charge is 0.494 e. The van der Waals surface area contributed by atoms with Gasteiger partial charge in [-0.2, -0.15) is 0 Å². The molecule has 0 aromatic heterocycles. The molecule has 0 saturated heterocycles. The summed E-state index contributed by atoms with van der Waals surface area (Å²) in [6.45, 7) is 9.41. The highest BCUT2D eigenvalue weighted by Crippen LogP contribution is 2.26. The molecule has 9 heteroatoms. The van der Waals surface area contributed by atoms with Gasteiger partial charge in [-0.05, 0) is 76.1 Å². The molecule has 0 spiro atoms. The lowest BCUT2D eigenvalue weighted by molar-refractivity contribution is -0.139. The normalized spacial score (nSPS) is 12.7. The molecule has 0 saturated carbocycles. The summed E-state index contributed by atoms with van der Waals surface area (Å²) in [5.74, 6) is -0.241. The molecule has 40 heavy (non-hydrogen) atoms. The molecule has 214 valence electrons. The van der Waals surface area contributed by atoms with Crippen LogP contribution in [0.4, 0.5) is 5.69 Å². The number of hydrogen-bond acceptors (Lipinski definition) is 5. The Kier molecular flexibility index (Phi) is 10.7. The molecule has 0 bridgehead atoms. The van der Waals surface area contributed by atoms with Crippen LogP contribution in [0.25, 0.3) is 0 Å². The predicted molar refractivity (Wildman–Crippen MR) is 158 cm³/mol. The number of hydrogen-bond donors (Lipinski definition) is 1. The second-order valence-corrected chi connectivity index (χ2v) is 11.6. The zero-order valence-corrected chi connectivity index (χ0v) is 24.6. The van der Waals surface area contributed by atoms with E-state index in [2.05, 4.69) is 5.32 Å². The van der Waals surface area contributed by atoms with Crippen molar-refractivity contribution in [2.45, 2.75) is 64.6 Å². The van der Waals surface area contributed by atoms with E-state index in [1.54, 1.807) is 43.3 Å². The Bertz CT molecular complexity index is 1360. The third-order valence-corrected chi connectivity index (χ3v) is 8.48. The first-order valence-corrected chi connectivity index (χ1v) is 15.0. The van der Waals surface area contributed by atoms with Crippen molar-refractivity contribution in [2.24, 2.45) is 0 Å².